The van der Waals surface area contributed by atoms with Crippen molar-refractivity contribution in [2.45, 2.75) is 51.6 Å². The summed E-state index contributed by atoms with van der Waals surface area (Å²) in [6.45, 7) is 8.22. The molecule has 2 aliphatic carbocycles. The van der Waals surface area contributed by atoms with Gasteiger partial charge in [-0.3, -0.25) is 19.6 Å². The maximum atomic E-state index is 13.3. The number of nitrogens with zero attached hydrogens (tertiary/aromatic N) is 3. The van der Waals surface area contributed by atoms with Crippen molar-refractivity contribution < 1.29 is 4.79 Å². The minimum atomic E-state index is -0.439. The molecule has 3 fully saturated rings. The number of aliphatic imine (C=N–C) groups is 1. The Bertz CT molecular complexity index is 768. The number of carbonyl (C=O) groups is 1. The van der Waals surface area contributed by atoms with Crippen LogP contribution >= 0.6 is 0 Å². The van der Waals surface area contributed by atoms with Gasteiger partial charge >= 0.3 is 0 Å². The number of hydrogen-bond donors (Lipinski definition) is 0. The second-order valence-electron chi connectivity index (χ2n) is 9.03. The van der Waals surface area contributed by atoms with Gasteiger partial charge in [-0.05, 0) is 56.9 Å². The van der Waals surface area contributed by atoms with Gasteiger partial charge in [0.1, 0.15) is 11.4 Å². The first kappa shape index (κ1) is 16.5. The summed E-state index contributed by atoms with van der Waals surface area (Å²) < 4.78 is 0. The fraction of sp³-hybridized carbons (Fsp3) is 0.636. The molecule has 1 saturated heterocycles. The molecular formula is C22H29N3O. The molecule has 26 heavy (non-hydrogen) atoms. The Morgan fingerprint density at radius 1 is 1.19 bits per heavy atom. The smallest absolute Gasteiger partial charge is 0.256 e. The number of amidine groups is 1. The molecule has 2 aliphatic heterocycles. The molecule has 0 unspecified atom stereocenters. The van der Waals surface area contributed by atoms with Crippen LogP contribution in [0.5, 0.6) is 0 Å². The van der Waals surface area contributed by atoms with Gasteiger partial charge in [-0.1, -0.05) is 29.8 Å². The summed E-state index contributed by atoms with van der Waals surface area (Å²) in [7, 11) is 0. The molecule has 0 bridgehead atoms. The molecule has 4 aliphatic rings. The van der Waals surface area contributed by atoms with Crippen LogP contribution in [-0.2, 0) is 11.3 Å². The molecule has 4 nitrogen and oxygen atoms in total. The van der Waals surface area contributed by atoms with Gasteiger partial charge in [0.2, 0.25) is 0 Å². The molecule has 5 rings (SSSR count). The first-order chi connectivity index (χ1) is 12.5. The van der Waals surface area contributed by atoms with E-state index in [1.165, 1.54) is 24.0 Å². The number of amides is 1. The lowest BCUT2D eigenvalue weighted by Crippen LogP contribution is -2.47. The lowest BCUT2D eigenvalue weighted by molar-refractivity contribution is -0.132. The average molecular weight is 351 g/mol. The van der Waals surface area contributed by atoms with Crippen LogP contribution in [0.25, 0.3) is 0 Å². The topological polar surface area (TPSA) is 35.9 Å². The Morgan fingerprint density at radius 2 is 2.04 bits per heavy atom. The van der Waals surface area contributed by atoms with E-state index < -0.39 is 5.54 Å². The number of rotatable bonds is 4. The van der Waals surface area contributed by atoms with Gasteiger partial charge in [0.25, 0.3) is 5.91 Å². The van der Waals surface area contributed by atoms with Crippen molar-refractivity contribution in [2.75, 3.05) is 19.6 Å². The minimum absolute atomic E-state index is 0.312. The van der Waals surface area contributed by atoms with Gasteiger partial charge in [-0.25, -0.2) is 0 Å². The molecule has 138 valence electrons. The summed E-state index contributed by atoms with van der Waals surface area (Å²) in [4.78, 5) is 22.9. The van der Waals surface area contributed by atoms with Crippen molar-refractivity contribution in [2.24, 2.45) is 22.7 Å². The van der Waals surface area contributed by atoms with E-state index in [9.17, 15) is 4.79 Å². The van der Waals surface area contributed by atoms with Crippen LogP contribution in [0, 0.1) is 24.7 Å². The molecule has 2 heterocycles. The SMILES string of the molecule is CC1=N[C@@]2(CC[C@@H]3CN(Cc4cccc(C)c4)C[C@@H]32)C(=O)N1CC1CC1. The molecule has 0 radical (unpaired) electrons. The van der Waals surface area contributed by atoms with E-state index in [-0.39, 0.29) is 0 Å². The Kier molecular flexibility index (Phi) is 3.75. The maximum Gasteiger partial charge on any atom is 0.256 e. The Morgan fingerprint density at radius 3 is 2.81 bits per heavy atom. The highest BCUT2D eigenvalue weighted by molar-refractivity contribution is 6.07. The van der Waals surface area contributed by atoms with E-state index >= 15 is 0 Å². The van der Waals surface area contributed by atoms with Gasteiger partial charge in [-0.2, -0.15) is 0 Å². The van der Waals surface area contributed by atoms with Crippen molar-refractivity contribution in [3.05, 3.63) is 35.4 Å². The molecule has 0 aromatic heterocycles. The molecule has 1 aromatic carbocycles. The number of likely N-dealkylation sites (tertiary alicyclic amines) is 1. The van der Waals surface area contributed by atoms with E-state index in [0.29, 0.717) is 17.7 Å². The molecule has 4 heteroatoms. The van der Waals surface area contributed by atoms with Crippen LogP contribution in [0.1, 0.15) is 43.7 Å². The number of benzene rings is 1. The Balaban J connectivity index is 1.33. The van der Waals surface area contributed by atoms with Gasteiger partial charge in [-0.15, -0.1) is 0 Å². The van der Waals surface area contributed by atoms with Gasteiger partial charge < -0.3 is 0 Å². The molecule has 1 spiro atoms. The first-order valence-corrected chi connectivity index (χ1v) is 10.2. The maximum absolute atomic E-state index is 13.3. The van der Waals surface area contributed by atoms with Crippen LogP contribution in [0.3, 0.4) is 0 Å². The number of aryl methyl sites for hydroxylation is 1. The predicted octanol–water partition coefficient (Wildman–Crippen LogP) is 3.25. The van der Waals surface area contributed by atoms with Crippen LogP contribution in [0.15, 0.2) is 29.3 Å². The Labute approximate surface area is 156 Å². The molecule has 2 saturated carbocycles. The number of carbonyl (C=O) groups excluding carboxylic acids is 1. The van der Waals surface area contributed by atoms with Crippen molar-refractivity contribution in [1.82, 2.24) is 9.80 Å². The Hall–Kier alpha value is -1.68. The molecule has 0 N–H and O–H groups in total. The summed E-state index contributed by atoms with van der Waals surface area (Å²) in [5.74, 6) is 3.03. The van der Waals surface area contributed by atoms with E-state index in [1.807, 2.05) is 11.8 Å². The van der Waals surface area contributed by atoms with Crippen LogP contribution in [-0.4, -0.2) is 46.7 Å². The number of fused-ring (bicyclic) bond motifs is 2. The lowest BCUT2D eigenvalue weighted by atomic mass is 9.85. The van der Waals surface area contributed by atoms with Crippen molar-refractivity contribution >= 4 is 11.7 Å². The quantitative estimate of drug-likeness (QED) is 0.835. The normalized spacial score (nSPS) is 34.0. The van der Waals surface area contributed by atoms with Gasteiger partial charge in [0.15, 0.2) is 0 Å². The fourth-order valence-electron chi connectivity index (χ4n) is 5.54. The van der Waals surface area contributed by atoms with E-state index in [1.54, 1.807) is 0 Å². The zero-order valence-corrected chi connectivity index (χ0v) is 15.9. The fourth-order valence-corrected chi connectivity index (χ4v) is 5.54. The zero-order chi connectivity index (χ0) is 17.9. The predicted molar refractivity (Wildman–Crippen MR) is 103 cm³/mol. The standard InChI is InChI=1S/C22H29N3O/c1-15-4-3-5-18(10-15)11-24-13-19-8-9-22(20(19)14-24)21(26)25(16(2)23-22)12-17-6-7-17/h3-5,10,17,19-20H,6-9,11-14H2,1-2H3/t19-,20+,22-/m1/s1. The summed E-state index contributed by atoms with van der Waals surface area (Å²) in [5.41, 5.74) is 2.26. The third kappa shape index (κ3) is 2.61. The third-order valence-electron chi connectivity index (χ3n) is 7.02. The summed E-state index contributed by atoms with van der Waals surface area (Å²) in [5, 5.41) is 0. The van der Waals surface area contributed by atoms with Crippen molar-refractivity contribution in [3.63, 3.8) is 0 Å². The van der Waals surface area contributed by atoms with Gasteiger partial charge in [0.05, 0.1) is 0 Å². The largest absolute Gasteiger partial charge is 0.298 e. The molecular weight excluding hydrogens is 322 g/mol. The second kappa shape index (κ2) is 5.91. The minimum Gasteiger partial charge on any atom is -0.298 e. The van der Waals surface area contributed by atoms with Crippen molar-refractivity contribution in [3.8, 4) is 0 Å². The van der Waals surface area contributed by atoms with Gasteiger partial charge in [0, 0.05) is 32.1 Å². The van der Waals surface area contributed by atoms with E-state index in [2.05, 4.69) is 36.1 Å². The second-order valence-corrected chi connectivity index (χ2v) is 9.03. The first-order valence-electron chi connectivity index (χ1n) is 10.2. The molecule has 1 aromatic rings. The molecule has 3 atom stereocenters. The molecule has 1 amide bonds. The third-order valence-corrected chi connectivity index (χ3v) is 7.02. The summed E-state index contributed by atoms with van der Waals surface area (Å²) in [6, 6.07) is 8.80. The van der Waals surface area contributed by atoms with Crippen molar-refractivity contribution in [1.29, 1.82) is 0 Å². The van der Waals surface area contributed by atoms with Crippen LogP contribution in [0.4, 0.5) is 0 Å². The summed E-state index contributed by atoms with van der Waals surface area (Å²) in [6.07, 6.45) is 4.66. The van der Waals surface area contributed by atoms with Crippen LogP contribution in [0.2, 0.25) is 0 Å². The highest BCUT2D eigenvalue weighted by atomic mass is 16.2. The lowest BCUT2D eigenvalue weighted by Gasteiger charge is -2.28. The highest BCUT2D eigenvalue weighted by Crippen LogP contribution is 2.50. The average Bonchev–Trinajstić information content (AvgIpc) is 3.17. The number of hydrogen-bond acceptors (Lipinski definition) is 3. The summed E-state index contributed by atoms with van der Waals surface area (Å²) >= 11 is 0. The highest BCUT2D eigenvalue weighted by Gasteiger charge is 2.60. The monoisotopic (exact) mass is 351 g/mol. The zero-order valence-electron chi connectivity index (χ0n) is 15.9. The van der Waals surface area contributed by atoms with Crippen LogP contribution < -0.4 is 0 Å². The van der Waals surface area contributed by atoms with E-state index in [0.717, 1.165) is 50.8 Å². The van der Waals surface area contributed by atoms with E-state index in [4.69, 9.17) is 4.99 Å².